The van der Waals surface area contributed by atoms with Gasteiger partial charge >= 0.3 is 0 Å². The number of hydrogen-bond donors (Lipinski definition) is 1. The minimum absolute atomic E-state index is 0.000318. The fourth-order valence-corrected chi connectivity index (χ4v) is 2.20. The third-order valence-corrected chi connectivity index (χ3v) is 3.33. The summed E-state index contributed by atoms with van der Waals surface area (Å²) in [6.45, 7) is 5.25. The molecule has 1 amide bonds. The van der Waals surface area contributed by atoms with Gasteiger partial charge in [-0.1, -0.05) is 26.0 Å². The molecule has 0 fully saturated rings. The fourth-order valence-electron chi connectivity index (χ4n) is 2.20. The van der Waals surface area contributed by atoms with E-state index >= 15 is 0 Å². The van der Waals surface area contributed by atoms with Gasteiger partial charge in [0.1, 0.15) is 6.54 Å². The van der Waals surface area contributed by atoms with Gasteiger partial charge in [-0.15, -0.1) is 0 Å². The van der Waals surface area contributed by atoms with Gasteiger partial charge in [0.15, 0.2) is 6.29 Å². The number of benzene rings is 1. The van der Waals surface area contributed by atoms with Gasteiger partial charge in [0.05, 0.1) is 0 Å². The van der Waals surface area contributed by atoms with Crippen molar-refractivity contribution in [3.8, 4) is 0 Å². The largest absolute Gasteiger partial charge is 0.355 e. The highest BCUT2D eigenvalue weighted by atomic mass is 16.1. The first-order valence-electron chi connectivity index (χ1n) is 6.91. The highest BCUT2D eigenvalue weighted by Crippen LogP contribution is 2.18. The zero-order valence-electron chi connectivity index (χ0n) is 11.9. The molecule has 4 heteroatoms. The van der Waals surface area contributed by atoms with Gasteiger partial charge in [0.25, 0.3) is 0 Å². The molecule has 106 valence electrons. The van der Waals surface area contributed by atoms with Gasteiger partial charge < -0.3 is 9.88 Å². The second kappa shape index (κ2) is 6.37. The van der Waals surface area contributed by atoms with Gasteiger partial charge in [-0.25, -0.2) is 0 Å². The van der Waals surface area contributed by atoms with Gasteiger partial charge in [-0.3, -0.25) is 9.59 Å². The number of amides is 1. The summed E-state index contributed by atoms with van der Waals surface area (Å²) in [6, 6.07) is 7.41. The van der Waals surface area contributed by atoms with Crippen LogP contribution in [0.3, 0.4) is 0 Å². The number of aromatic nitrogens is 1. The fraction of sp³-hybridized carbons (Fsp3) is 0.375. The van der Waals surface area contributed by atoms with Gasteiger partial charge in [-0.05, 0) is 24.5 Å². The van der Waals surface area contributed by atoms with Crippen molar-refractivity contribution in [1.82, 2.24) is 9.88 Å². The average molecular weight is 272 g/mol. The van der Waals surface area contributed by atoms with E-state index in [1.165, 1.54) is 0 Å². The molecule has 0 saturated heterocycles. The minimum atomic E-state index is -0.000318. The van der Waals surface area contributed by atoms with E-state index in [0.29, 0.717) is 18.0 Å². The number of hydrogen-bond acceptors (Lipinski definition) is 2. The normalized spacial score (nSPS) is 10.9. The molecule has 1 aromatic heterocycles. The van der Waals surface area contributed by atoms with Crippen LogP contribution in [0.25, 0.3) is 10.9 Å². The van der Waals surface area contributed by atoms with Crippen molar-refractivity contribution in [3.63, 3.8) is 0 Å². The molecule has 0 spiro atoms. The van der Waals surface area contributed by atoms with E-state index in [2.05, 4.69) is 19.2 Å². The maximum atomic E-state index is 11.9. The summed E-state index contributed by atoms with van der Waals surface area (Å²) in [5.41, 5.74) is 1.56. The standard InChI is InChI=1S/C16H20N2O2/c1-12(2)6-8-17-16(20)10-18-9-7-14-13(11-19)4-3-5-15(14)18/h3-5,7,9,11-12H,6,8,10H2,1-2H3,(H,17,20). The van der Waals surface area contributed by atoms with Crippen molar-refractivity contribution in [2.75, 3.05) is 6.54 Å². The van der Waals surface area contributed by atoms with Crippen molar-refractivity contribution in [2.24, 2.45) is 5.92 Å². The maximum absolute atomic E-state index is 11.9. The molecule has 0 aliphatic heterocycles. The Morgan fingerprint density at radius 3 is 2.85 bits per heavy atom. The Morgan fingerprint density at radius 2 is 2.15 bits per heavy atom. The quantitative estimate of drug-likeness (QED) is 0.822. The maximum Gasteiger partial charge on any atom is 0.239 e. The molecule has 0 unspecified atom stereocenters. The van der Waals surface area contributed by atoms with Crippen LogP contribution in [0.5, 0.6) is 0 Å². The van der Waals surface area contributed by atoms with Gasteiger partial charge in [-0.2, -0.15) is 0 Å². The number of nitrogens with one attached hydrogen (secondary N) is 1. The van der Waals surface area contributed by atoms with E-state index < -0.39 is 0 Å². The summed E-state index contributed by atoms with van der Waals surface area (Å²) >= 11 is 0. The van der Waals surface area contributed by atoms with E-state index in [4.69, 9.17) is 0 Å². The van der Waals surface area contributed by atoms with Crippen LogP contribution in [0.15, 0.2) is 30.5 Å². The Kier molecular flexibility index (Phi) is 4.56. The number of carbonyl (C=O) groups excluding carboxylic acids is 2. The molecule has 20 heavy (non-hydrogen) atoms. The van der Waals surface area contributed by atoms with E-state index in [9.17, 15) is 9.59 Å². The molecule has 0 aliphatic carbocycles. The molecule has 4 nitrogen and oxygen atoms in total. The number of nitrogens with zero attached hydrogens (tertiary/aromatic N) is 1. The van der Waals surface area contributed by atoms with Gasteiger partial charge in [0.2, 0.25) is 5.91 Å². The molecule has 2 aromatic rings. The molecule has 0 radical (unpaired) electrons. The number of rotatable bonds is 6. The Bertz CT molecular complexity index is 614. The number of aldehydes is 1. The lowest BCUT2D eigenvalue weighted by atomic mass is 10.1. The SMILES string of the molecule is CC(C)CCNC(=O)Cn1ccc2c(C=O)cccc21. The molecular formula is C16H20N2O2. The summed E-state index contributed by atoms with van der Waals surface area (Å²) in [7, 11) is 0. The highest BCUT2D eigenvalue weighted by Gasteiger charge is 2.08. The second-order valence-corrected chi connectivity index (χ2v) is 5.37. The van der Waals surface area contributed by atoms with E-state index in [-0.39, 0.29) is 12.5 Å². The summed E-state index contributed by atoms with van der Waals surface area (Å²) in [5.74, 6) is 0.581. The lowest BCUT2D eigenvalue weighted by Gasteiger charge is -2.09. The molecule has 2 rings (SSSR count). The molecule has 0 aliphatic rings. The van der Waals surface area contributed by atoms with Gasteiger partial charge in [0, 0.05) is 29.2 Å². The van der Waals surface area contributed by atoms with E-state index in [1.54, 1.807) is 6.07 Å². The first-order valence-corrected chi connectivity index (χ1v) is 6.91. The zero-order chi connectivity index (χ0) is 14.5. The number of fused-ring (bicyclic) bond motifs is 1. The van der Waals surface area contributed by atoms with Crippen LogP contribution >= 0.6 is 0 Å². The predicted molar refractivity (Wildman–Crippen MR) is 79.8 cm³/mol. The first kappa shape index (κ1) is 14.3. The number of carbonyl (C=O) groups is 2. The first-order chi connectivity index (χ1) is 9.61. The topological polar surface area (TPSA) is 51.1 Å². The molecule has 1 heterocycles. The lowest BCUT2D eigenvalue weighted by molar-refractivity contribution is -0.121. The predicted octanol–water partition coefficient (Wildman–Crippen LogP) is 2.62. The van der Waals surface area contributed by atoms with Crippen molar-refractivity contribution in [1.29, 1.82) is 0 Å². The van der Waals surface area contributed by atoms with Crippen LogP contribution in [0.2, 0.25) is 0 Å². The Labute approximate surface area is 118 Å². The van der Waals surface area contributed by atoms with Crippen LogP contribution in [-0.4, -0.2) is 23.3 Å². The van der Waals surface area contributed by atoms with Crippen molar-refractivity contribution < 1.29 is 9.59 Å². The van der Waals surface area contributed by atoms with Crippen LogP contribution < -0.4 is 5.32 Å². The molecule has 1 aromatic carbocycles. The minimum Gasteiger partial charge on any atom is -0.355 e. The lowest BCUT2D eigenvalue weighted by Crippen LogP contribution is -2.28. The molecule has 0 saturated carbocycles. The average Bonchev–Trinajstić information content (AvgIpc) is 2.81. The van der Waals surface area contributed by atoms with Crippen molar-refractivity contribution in [3.05, 3.63) is 36.0 Å². The van der Waals surface area contributed by atoms with E-state index in [1.807, 2.05) is 29.0 Å². The van der Waals surface area contributed by atoms with Crippen molar-refractivity contribution >= 4 is 23.1 Å². The van der Waals surface area contributed by atoms with Crippen LogP contribution in [-0.2, 0) is 11.3 Å². The molecule has 0 bridgehead atoms. The molecular weight excluding hydrogens is 252 g/mol. The smallest absolute Gasteiger partial charge is 0.239 e. The Hall–Kier alpha value is -2.10. The monoisotopic (exact) mass is 272 g/mol. The Morgan fingerprint density at radius 1 is 1.35 bits per heavy atom. The van der Waals surface area contributed by atoms with Crippen LogP contribution in [0, 0.1) is 5.92 Å². The molecule has 1 N–H and O–H groups in total. The summed E-state index contributed by atoms with van der Waals surface area (Å²) in [6.07, 6.45) is 3.67. The third kappa shape index (κ3) is 3.26. The third-order valence-electron chi connectivity index (χ3n) is 3.33. The van der Waals surface area contributed by atoms with E-state index in [0.717, 1.165) is 23.6 Å². The summed E-state index contributed by atoms with van der Waals surface area (Å²) in [5, 5.41) is 3.80. The highest BCUT2D eigenvalue weighted by molar-refractivity contribution is 5.97. The van der Waals surface area contributed by atoms with Crippen molar-refractivity contribution in [2.45, 2.75) is 26.8 Å². The second-order valence-electron chi connectivity index (χ2n) is 5.37. The zero-order valence-corrected chi connectivity index (χ0v) is 11.9. The van der Waals surface area contributed by atoms with Crippen LogP contribution in [0.4, 0.5) is 0 Å². The van der Waals surface area contributed by atoms with Crippen LogP contribution in [0.1, 0.15) is 30.6 Å². The Balaban J connectivity index is 2.06. The summed E-state index contributed by atoms with van der Waals surface area (Å²) < 4.78 is 1.87. The molecule has 0 atom stereocenters. The summed E-state index contributed by atoms with van der Waals surface area (Å²) in [4.78, 5) is 22.9.